The Morgan fingerprint density at radius 1 is 1.45 bits per heavy atom. The van der Waals surface area contributed by atoms with Gasteiger partial charge in [-0.05, 0) is 31.6 Å². The van der Waals surface area contributed by atoms with Gasteiger partial charge in [-0.25, -0.2) is 4.98 Å². The first-order valence-electron chi connectivity index (χ1n) is 6.78. The summed E-state index contributed by atoms with van der Waals surface area (Å²) in [7, 11) is 0. The second-order valence-electron chi connectivity index (χ2n) is 5.33. The van der Waals surface area contributed by atoms with Crippen LogP contribution in [0.3, 0.4) is 0 Å². The molecule has 8 nitrogen and oxygen atoms in total. The fraction of sp³-hybridized carbons (Fsp3) is 0.667. The van der Waals surface area contributed by atoms with Gasteiger partial charge < -0.3 is 15.8 Å². The first kappa shape index (κ1) is 13.0. The second-order valence-corrected chi connectivity index (χ2v) is 5.33. The number of anilines is 2. The number of hydrogen-bond donors (Lipinski definition) is 2. The van der Waals surface area contributed by atoms with Crippen LogP contribution in [-0.4, -0.2) is 33.6 Å². The number of rotatable bonds is 4. The standard InChI is InChI=1S/C12H17N5O3/c13-11-9(17(18)19)6-14-12(16-11)15-8-3-4-20-10(5-8)7-1-2-7/h6-8,10H,1-5H2,(H3,13,14,15,16). The number of nitrogens with two attached hydrogens (primary N) is 1. The molecule has 0 bridgehead atoms. The van der Waals surface area contributed by atoms with Crippen molar-refractivity contribution >= 4 is 17.5 Å². The van der Waals surface area contributed by atoms with Crippen molar-refractivity contribution in [1.29, 1.82) is 0 Å². The molecule has 20 heavy (non-hydrogen) atoms. The van der Waals surface area contributed by atoms with Crippen molar-refractivity contribution < 1.29 is 9.66 Å². The van der Waals surface area contributed by atoms with Crippen LogP contribution in [0.5, 0.6) is 0 Å². The molecular formula is C12H17N5O3. The zero-order valence-corrected chi connectivity index (χ0v) is 11.0. The first-order valence-corrected chi connectivity index (χ1v) is 6.78. The van der Waals surface area contributed by atoms with Crippen LogP contribution >= 0.6 is 0 Å². The van der Waals surface area contributed by atoms with E-state index in [0.29, 0.717) is 18.0 Å². The van der Waals surface area contributed by atoms with Gasteiger partial charge in [0.25, 0.3) is 0 Å². The zero-order chi connectivity index (χ0) is 14.1. The second kappa shape index (κ2) is 5.20. The lowest BCUT2D eigenvalue weighted by Gasteiger charge is -2.30. The summed E-state index contributed by atoms with van der Waals surface area (Å²) in [5, 5.41) is 13.9. The molecule has 2 aliphatic rings. The first-order chi connectivity index (χ1) is 9.63. The minimum absolute atomic E-state index is 0.113. The molecule has 1 aliphatic heterocycles. The summed E-state index contributed by atoms with van der Waals surface area (Å²) in [4.78, 5) is 18.0. The van der Waals surface area contributed by atoms with Crippen molar-refractivity contribution in [2.75, 3.05) is 17.7 Å². The molecule has 2 unspecified atom stereocenters. The summed E-state index contributed by atoms with van der Waals surface area (Å²) < 4.78 is 5.75. The van der Waals surface area contributed by atoms with Crippen LogP contribution in [0, 0.1) is 16.0 Å². The van der Waals surface area contributed by atoms with Gasteiger partial charge in [-0.3, -0.25) is 10.1 Å². The lowest BCUT2D eigenvalue weighted by atomic mass is 10.0. The van der Waals surface area contributed by atoms with Gasteiger partial charge in [0.1, 0.15) is 6.20 Å². The molecule has 1 saturated heterocycles. The smallest absolute Gasteiger partial charge is 0.329 e. The van der Waals surface area contributed by atoms with Gasteiger partial charge in [0.15, 0.2) is 0 Å². The molecule has 2 fully saturated rings. The van der Waals surface area contributed by atoms with Gasteiger partial charge in [-0.15, -0.1) is 0 Å². The Hall–Kier alpha value is -1.96. The third kappa shape index (κ3) is 2.79. The molecule has 108 valence electrons. The highest BCUT2D eigenvalue weighted by atomic mass is 16.6. The normalized spacial score (nSPS) is 26.2. The van der Waals surface area contributed by atoms with Crippen molar-refractivity contribution in [2.24, 2.45) is 5.92 Å². The fourth-order valence-corrected chi connectivity index (χ4v) is 2.54. The topological polar surface area (TPSA) is 116 Å². The molecule has 0 spiro atoms. The monoisotopic (exact) mass is 279 g/mol. The van der Waals surface area contributed by atoms with E-state index in [1.54, 1.807) is 0 Å². The van der Waals surface area contributed by atoms with Gasteiger partial charge in [-0.1, -0.05) is 0 Å². The predicted octanol–water partition coefficient (Wildman–Crippen LogP) is 1.34. The van der Waals surface area contributed by atoms with Crippen LogP contribution in [0.1, 0.15) is 25.7 Å². The maximum absolute atomic E-state index is 10.7. The van der Waals surface area contributed by atoms with Crippen LogP contribution in [0.15, 0.2) is 6.20 Å². The van der Waals surface area contributed by atoms with E-state index in [1.807, 2.05) is 0 Å². The SMILES string of the molecule is Nc1nc(NC2CCOC(C3CC3)C2)ncc1[N+](=O)[O-]. The molecule has 1 aromatic rings. The lowest BCUT2D eigenvalue weighted by molar-refractivity contribution is -0.384. The van der Waals surface area contributed by atoms with Crippen LogP contribution in [0.2, 0.25) is 0 Å². The summed E-state index contributed by atoms with van der Waals surface area (Å²) >= 11 is 0. The van der Waals surface area contributed by atoms with E-state index in [2.05, 4.69) is 15.3 Å². The molecule has 0 radical (unpaired) electrons. The summed E-state index contributed by atoms with van der Waals surface area (Å²) in [6, 6.07) is 0.232. The Labute approximate surface area is 115 Å². The van der Waals surface area contributed by atoms with Crippen molar-refractivity contribution in [1.82, 2.24) is 9.97 Å². The Morgan fingerprint density at radius 2 is 2.25 bits per heavy atom. The van der Waals surface area contributed by atoms with Gasteiger partial charge in [0.2, 0.25) is 11.8 Å². The quantitative estimate of drug-likeness (QED) is 0.630. The van der Waals surface area contributed by atoms with Crippen molar-refractivity contribution in [3.05, 3.63) is 16.3 Å². The van der Waals surface area contributed by atoms with E-state index in [1.165, 1.54) is 12.8 Å². The van der Waals surface area contributed by atoms with Crippen LogP contribution in [0.4, 0.5) is 17.5 Å². The maximum Gasteiger partial charge on any atom is 0.329 e. The number of nitro groups is 1. The van der Waals surface area contributed by atoms with Crippen molar-refractivity contribution in [3.63, 3.8) is 0 Å². The van der Waals surface area contributed by atoms with Gasteiger partial charge in [0.05, 0.1) is 11.0 Å². The van der Waals surface area contributed by atoms with Crippen LogP contribution < -0.4 is 11.1 Å². The molecule has 3 N–H and O–H groups in total. The molecular weight excluding hydrogens is 262 g/mol. The Kier molecular flexibility index (Phi) is 3.39. The number of hydrogen-bond acceptors (Lipinski definition) is 7. The van der Waals surface area contributed by atoms with Gasteiger partial charge in [0, 0.05) is 12.6 Å². The van der Waals surface area contributed by atoms with E-state index in [-0.39, 0.29) is 17.5 Å². The zero-order valence-electron chi connectivity index (χ0n) is 11.0. The third-order valence-corrected chi connectivity index (χ3v) is 3.79. The highest BCUT2D eigenvalue weighted by molar-refractivity contribution is 5.53. The molecule has 2 atom stereocenters. The maximum atomic E-state index is 10.7. The highest BCUT2D eigenvalue weighted by Crippen LogP contribution is 2.38. The number of nitrogens with one attached hydrogen (secondary N) is 1. The number of nitrogen functional groups attached to an aromatic ring is 1. The molecule has 2 heterocycles. The molecule has 0 amide bonds. The highest BCUT2D eigenvalue weighted by Gasteiger charge is 2.36. The van der Waals surface area contributed by atoms with E-state index < -0.39 is 4.92 Å². The predicted molar refractivity (Wildman–Crippen MR) is 72.2 cm³/mol. The van der Waals surface area contributed by atoms with Crippen molar-refractivity contribution in [2.45, 2.75) is 37.8 Å². The molecule has 1 aromatic heterocycles. The van der Waals surface area contributed by atoms with Crippen LogP contribution in [0.25, 0.3) is 0 Å². The summed E-state index contributed by atoms with van der Waals surface area (Å²) in [5.41, 5.74) is 5.29. The molecule has 1 saturated carbocycles. The number of aromatic nitrogens is 2. The Morgan fingerprint density at radius 3 is 2.90 bits per heavy atom. The van der Waals surface area contributed by atoms with Crippen molar-refractivity contribution in [3.8, 4) is 0 Å². The van der Waals surface area contributed by atoms with Gasteiger partial charge in [-0.2, -0.15) is 4.98 Å². The number of ether oxygens (including phenoxy) is 1. The lowest BCUT2D eigenvalue weighted by Crippen LogP contribution is -2.35. The fourth-order valence-electron chi connectivity index (χ4n) is 2.54. The van der Waals surface area contributed by atoms with Crippen LogP contribution in [-0.2, 0) is 4.74 Å². The Balaban J connectivity index is 1.64. The minimum atomic E-state index is -0.587. The van der Waals surface area contributed by atoms with E-state index in [4.69, 9.17) is 10.5 Å². The molecule has 3 rings (SSSR count). The Bertz CT molecular complexity index is 520. The summed E-state index contributed by atoms with van der Waals surface area (Å²) in [6.07, 6.45) is 5.75. The van der Waals surface area contributed by atoms with Gasteiger partial charge >= 0.3 is 5.69 Å². The van der Waals surface area contributed by atoms with E-state index in [9.17, 15) is 10.1 Å². The summed E-state index contributed by atoms with van der Waals surface area (Å²) in [5.74, 6) is 0.926. The molecule has 1 aliphatic carbocycles. The average molecular weight is 279 g/mol. The minimum Gasteiger partial charge on any atom is -0.378 e. The average Bonchev–Trinajstić information content (AvgIpc) is 3.23. The largest absolute Gasteiger partial charge is 0.378 e. The summed E-state index contributed by atoms with van der Waals surface area (Å²) in [6.45, 7) is 0.724. The van der Waals surface area contributed by atoms with E-state index in [0.717, 1.165) is 25.6 Å². The van der Waals surface area contributed by atoms with E-state index >= 15 is 0 Å². The number of nitrogens with zero attached hydrogens (tertiary/aromatic N) is 3. The third-order valence-electron chi connectivity index (χ3n) is 3.79. The molecule has 8 heteroatoms. The molecule has 0 aromatic carbocycles.